The van der Waals surface area contributed by atoms with Gasteiger partial charge in [0.15, 0.2) is 10.2 Å². The SMILES string of the molecule is CCOc1ccc(C(=O)NC(=S)Nc2nc(-c3ccc(OC)cc3)cs2)cc1Cl. The van der Waals surface area contributed by atoms with Gasteiger partial charge in [-0.15, -0.1) is 11.3 Å². The molecule has 0 aliphatic carbocycles. The van der Waals surface area contributed by atoms with E-state index in [1.807, 2.05) is 36.6 Å². The number of anilines is 1. The summed E-state index contributed by atoms with van der Waals surface area (Å²) in [5.74, 6) is 0.931. The van der Waals surface area contributed by atoms with Gasteiger partial charge in [-0.2, -0.15) is 0 Å². The van der Waals surface area contributed by atoms with E-state index in [1.165, 1.54) is 17.4 Å². The van der Waals surface area contributed by atoms with E-state index in [0.717, 1.165) is 17.0 Å². The van der Waals surface area contributed by atoms with Gasteiger partial charge < -0.3 is 14.8 Å². The number of carbonyl (C=O) groups excluding carboxylic acids is 1. The summed E-state index contributed by atoms with van der Waals surface area (Å²) in [6.07, 6.45) is 0. The van der Waals surface area contributed by atoms with Gasteiger partial charge in [-0.05, 0) is 61.6 Å². The minimum atomic E-state index is -0.376. The van der Waals surface area contributed by atoms with Crippen LogP contribution in [0.5, 0.6) is 11.5 Å². The van der Waals surface area contributed by atoms with Gasteiger partial charge >= 0.3 is 0 Å². The number of aromatic nitrogens is 1. The van der Waals surface area contributed by atoms with Crippen molar-refractivity contribution < 1.29 is 14.3 Å². The average molecular weight is 448 g/mol. The van der Waals surface area contributed by atoms with E-state index < -0.39 is 0 Å². The van der Waals surface area contributed by atoms with Crippen LogP contribution in [0, 0.1) is 0 Å². The lowest BCUT2D eigenvalue weighted by Crippen LogP contribution is -2.34. The number of hydrogen-bond acceptors (Lipinski definition) is 6. The lowest BCUT2D eigenvalue weighted by Gasteiger charge is -2.09. The number of thiazole rings is 1. The Morgan fingerprint density at radius 1 is 1.24 bits per heavy atom. The lowest BCUT2D eigenvalue weighted by molar-refractivity contribution is 0.0977. The normalized spacial score (nSPS) is 10.3. The summed E-state index contributed by atoms with van der Waals surface area (Å²) in [6, 6.07) is 12.4. The monoisotopic (exact) mass is 447 g/mol. The minimum Gasteiger partial charge on any atom is -0.497 e. The molecule has 0 aliphatic rings. The second-order valence-electron chi connectivity index (χ2n) is 5.75. The molecule has 3 rings (SSSR count). The van der Waals surface area contributed by atoms with E-state index >= 15 is 0 Å². The molecule has 0 radical (unpaired) electrons. The highest BCUT2D eigenvalue weighted by molar-refractivity contribution is 7.80. The number of amides is 1. The summed E-state index contributed by atoms with van der Waals surface area (Å²) < 4.78 is 10.5. The van der Waals surface area contributed by atoms with Crippen LogP contribution in [0.2, 0.25) is 5.02 Å². The standard InChI is InChI=1S/C20H18ClN3O3S2/c1-3-27-17-9-6-13(10-15(17)21)18(25)23-19(28)24-20-22-16(11-29-20)12-4-7-14(26-2)8-5-12/h4-11H,3H2,1-2H3,(H2,22,23,24,25,28). The maximum absolute atomic E-state index is 12.4. The topological polar surface area (TPSA) is 72.5 Å². The maximum atomic E-state index is 12.4. The Hall–Kier alpha value is -2.68. The van der Waals surface area contributed by atoms with Crippen molar-refractivity contribution >= 4 is 51.3 Å². The van der Waals surface area contributed by atoms with Crippen molar-refractivity contribution in [2.24, 2.45) is 0 Å². The smallest absolute Gasteiger partial charge is 0.257 e. The molecule has 0 saturated carbocycles. The number of thiocarbonyl (C=S) groups is 1. The Morgan fingerprint density at radius 2 is 2.00 bits per heavy atom. The third-order valence-corrected chi connectivity index (χ3v) is 5.09. The first-order valence-corrected chi connectivity index (χ1v) is 10.3. The number of methoxy groups -OCH3 is 1. The second kappa shape index (κ2) is 9.69. The predicted octanol–water partition coefficient (Wildman–Crippen LogP) is 5.00. The molecule has 29 heavy (non-hydrogen) atoms. The highest BCUT2D eigenvalue weighted by Gasteiger charge is 2.12. The van der Waals surface area contributed by atoms with Crippen molar-refractivity contribution in [1.29, 1.82) is 0 Å². The number of hydrogen-bond donors (Lipinski definition) is 2. The van der Waals surface area contributed by atoms with E-state index in [-0.39, 0.29) is 11.0 Å². The molecule has 0 aliphatic heterocycles. The van der Waals surface area contributed by atoms with Gasteiger partial charge in [0.05, 0.1) is 24.4 Å². The Balaban J connectivity index is 1.61. The van der Waals surface area contributed by atoms with Gasteiger partial charge in [-0.3, -0.25) is 10.1 Å². The van der Waals surface area contributed by atoms with E-state index in [1.54, 1.807) is 19.2 Å². The zero-order valence-corrected chi connectivity index (χ0v) is 18.1. The van der Waals surface area contributed by atoms with Crippen molar-refractivity contribution in [2.45, 2.75) is 6.92 Å². The highest BCUT2D eigenvalue weighted by atomic mass is 35.5. The number of halogens is 1. The van der Waals surface area contributed by atoms with Crippen LogP contribution in [-0.2, 0) is 0 Å². The fourth-order valence-electron chi connectivity index (χ4n) is 2.44. The first-order valence-electron chi connectivity index (χ1n) is 8.64. The van der Waals surface area contributed by atoms with Crippen molar-refractivity contribution in [3.63, 3.8) is 0 Å². The summed E-state index contributed by atoms with van der Waals surface area (Å²) in [7, 11) is 1.62. The quantitative estimate of drug-likeness (QED) is 0.518. The summed E-state index contributed by atoms with van der Waals surface area (Å²) in [6.45, 7) is 2.35. The molecule has 1 aromatic heterocycles. The second-order valence-corrected chi connectivity index (χ2v) is 7.43. The molecule has 0 saturated heterocycles. The molecule has 0 atom stereocenters. The largest absolute Gasteiger partial charge is 0.497 e. The van der Waals surface area contributed by atoms with Crippen LogP contribution in [0.1, 0.15) is 17.3 Å². The molecular weight excluding hydrogens is 430 g/mol. The van der Waals surface area contributed by atoms with Crippen LogP contribution in [0.3, 0.4) is 0 Å². The van der Waals surface area contributed by atoms with Crippen LogP contribution in [0.15, 0.2) is 47.8 Å². The number of nitrogens with one attached hydrogen (secondary N) is 2. The molecule has 1 heterocycles. The van der Waals surface area contributed by atoms with Crippen LogP contribution in [0.25, 0.3) is 11.3 Å². The van der Waals surface area contributed by atoms with Crippen molar-refractivity contribution in [3.8, 4) is 22.8 Å². The molecule has 150 valence electrons. The molecule has 0 bridgehead atoms. The highest BCUT2D eigenvalue weighted by Crippen LogP contribution is 2.27. The first-order chi connectivity index (χ1) is 14.0. The maximum Gasteiger partial charge on any atom is 0.257 e. The molecule has 1 amide bonds. The van der Waals surface area contributed by atoms with Crippen molar-refractivity contribution in [1.82, 2.24) is 10.3 Å². The third kappa shape index (κ3) is 5.44. The van der Waals surface area contributed by atoms with E-state index in [4.69, 9.17) is 33.3 Å². The lowest BCUT2D eigenvalue weighted by atomic mass is 10.2. The van der Waals surface area contributed by atoms with Crippen LogP contribution < -0.4 is 20.1 Å². The summed E-state index contributed by atoms with van der Waals surface area (Å²) in [5.41, 5.74) is 2.13. The van der Waals surface area contributed by atoms with E-state index in [2.05, 4.69) is 15.6 Å². The molecular formula is C20H18ClN3O3S2. The van der Waals surface area contributed by atoms with Crippen molar-refractivity contribution in [3.05, 3.63) is 58.4 Å². The predicted molar refractivity (Wildman–Crippen MR) is 120 cm³/mol. The summed E-state index contributed by atoms with van der Waals surface area (Å²) in [5, 5.41) is 8.54. The molecule has 2 N–H and O–H groups in total. The number of carbonyl (C=O) groups is 1. The number of benzene rings is 2. The molecule has 0 fully saturated rings. The number of ether oxygens (including phenoxy) is 2. The van der Waals surface area contributed by atoms with Crippen molar-refractivity contribution in [2.75, 3.05) is 19.0 Å². The van der Waals surface area contributed by atoms with E-state index in [9.17, 15) is 4.79 Å². The number of rotatable bonds is 6. The Labute approximate surface area is 182 Å². The van der Waals surface area contributed by atoms with E-state index in [0.29, 0.717) is 28.1 Å². The fourth-order valence-corrected chi connectivity index (χ4v) is 3.66. The Kier molecular flexibility index (Phi) is 7.03. The fraction of sp³-hybridized carbons (Fsp3) is 0.150. The van der Waals surface area contributed by atoms with Gasteiger partial charge in [0.2, 0.25) is 0 Å². The first kappa shape index (κ1) is 21.0. The van der Waals surface area contributed by atoms with Gasteiger partial charge in [0.25, 0.3) is 5.91 Å². The molecule has 0 spiro atoms. The average Bonchev–Trinajstić information content (AvgIpc) is 3.18. The van der Waals surface area contributed by atoms with Gasteiger partial charge in [-0.25, -0.2) is 4.98 Å². The van der Waals surface area contributed by atoms with Gasteiger partial charge in [0.1, 0.15) is 11.5 Å². The Bertz CT molecular complexity index is 1020. The molecule has 6 nitrogen and oxygen atoms in total. The summed E-state index contributed by atoms with van der Waals surface area (Å²) in [4.78, 5) is 16.9. The Morgan fingerprint density at radius 3 is 2.66 bits per heavy atom. The molecule has 3 aromatic rings. The molecule has 9 heteroatoms. The zero-order chi connectivity index (χ0) is 20.8. The minimum absolute atomic E-state index is 0.149. The zero-order valence-electron chi connectivity index (χ0n) is 15.7. The van der Waals surface area contributed by atoms with Crippen LogP contribution in [-0.4, -0.2) is 29.7 Å². The summed E-state index contributed by atoms with van der Waals surface area (Å²) >= 11 is 12.7. The van der Waals surface area contributed by atoms with Crippen LogP contribution in [0.4, 0.5) is 5.13 Å². The molecule has 0 unspecified atom stereocenters. The number of nitrogens with zero attached hydrogens (tertiary/aromatic N) is 1. The van der Waals surface area contributed by atoms with Crippen LogP contribution >= 0.6 is 35.2 Å². The molecule has 2 aromatic carbocycles. The van der Waals surface area contributed by atoms with Gasteiger partial charge in [0, 0.05) is 16.5 Å². The third-order valence-electron chi connectivity index (χ3n) is 3.83. The van der Waals surface area contributed by atoms with Gasteiger partial charge in [-0.1, -0.05) is 11.6 Å².